The van der Waals surface area contributed by atoms with Crippen LogP contribution in [0.25, 0.3) is 22.0 Å². The molecule has 0 spiro atoms. The van der Waals surface area contributed by atoms with E-state index in [-0.39, 0.29) is 18.1 Å². The van der Waals surface area contributed by atoms with Crippen molar-refractivity contribution in [2.75, 3.05) is 19.2 Å². The Hall–Kier alpha value is -4.26. The normalized spacial score (nSPS) is 12.1. The van der Waals surface area contributed by atoms with E-state index in [1.807, 2.05) is 29.8 Å². The van der Waals surface area contributed by atoms with Crippen LogP contribution in [0.1, 0.15) is 10.4 Å². The lowest BCUT2D eigenvalue weighted by Gasteiger charge is -2.18. The van der Waals surface area contributed by atoms with Crippen molar-refractivity contribution in [2.24, 2.45) is 7.05 Å². The third-order valence-electron chi connectivity index (χ3n) is 5.53. The van der Waals surface area contributed by atoms with Gasteiger partial charge >= 0.3 is 0 Å². The zero-order valence-electron chi connectivity index (χ0n) is 17.5. The van der Waals surface area contributed by atoms with Gasteiger partial charge in [0.05, 0.1) is 18.2 Å². The minimum Gasteiger partial charge on any atom is -0.497 e. The van der Waals surface area contributed by atoms with Gasteiger partial charge in [0, 0.05) is 18.0 Å². The zero-order valence-corrected chi connectivity index (χ0v) is 17.5. The fourth-order valence-electron chi connectivity index (χ4n) is 3.90. The van der Waals surface area contributed by atoms with Crippen LogP contribution < -0.4 is 25.0 Å². The molecule has 0 saturated heterocycles. The minimum atomic E-state index is -0.351. The summed E-state index contributed by atoms with van der Waals surface area (Å²) in [6, 6.07) is 19.5. The number of fused-ring (bicyclic) bond motifs is 2. The van der Waals surface area contributed by atoms with Crippen LogP contribution in [0.5, 0.6) is 17.2 Å². The number of nitrogens with zero attached hydrogens (tertiary/aromatic N) is 1. The number of carbonyl (C=O) groups excluding carboxylic acids is 1. The second-order valence-corrected chi connectivity index (χ2v) is 7.38. The molecule has 0 saturated carbocycles. The summed E-state index contributed by atoms with van der Waals surface area (Å²) in [5, 5.41) is 3.50. The number of methoxy groups -OCH3 is 1. The summed E-state index contributed by atoms with van der Waals surface area (Å²) in [6.07, 6.45) is 0. The number of hydrogen-bond acceptors (Lipinski definition) is 5. The number of anilines is 1. The number of ether oxygens (including phenoxy) is 3. The number of nitrogens with one attached hydrogen (secondary N) is 1. The fraction of sp³-hybridized carbons (Fsp3) is 0.120. The van der Waals surface area contributed by atoms with Gasteiger partial charge < -0.3 is 24.1 Å². The van der Waals surface area contributed by atoms with Gasteiger partial charge in [0.25, 0.3) is 5.91 Å². The Kier molecular flexibility index (Phi) is 4.78. The van der Waals surface area contributed by atoms with Crippen molar-refractivity contribution in [1.29, 1.82) is 0 Å². The van der Waals surface area contributed by atoms with Crippen molar-refractivity contribution in [1.82, 2.24) is 4.57 Å². The third-order valence-corrected chi connectivity index (χ3v) is 5.53. The summed E-state index contributed by atoms with van der Waals surface area (Å²) in [5.41, 5.74) is 1.95. The Balaban J connectivity index is 1.70. The Morgan fingerprint density at radius 1 is 1.00 bits per heavy atom. The van der Waals surface area contributed by atoms with Gasteiger partial charge in [0.1, 0.15) is 11.6 Å². The number of aromatic nitrogens is 1. The van der Waals surface area contributed by atoms with Gasteiger partial charge in [-0.15, -0.1) is 0 Å². The van der Waals surface area contributed by atoms with E-state index in [1.165, 1.54) is 0 Å². The van der Waals surface area contributed by atoms with Gasteiger partial charge in [-0.1, -0.05) is 24.3 Å². The molecule has 0 unspecified atom stereocenters. The molecule has 0 atom stereocenters. The molecule has 4 aromatic rings. The average molecular weight is 428 g/mol. The molecule has 0 bridgehead atoms. The van der Waals surface area contributed by atoms with Gasteiger partial charge in [-0.3, -0.25) is 9.59 Å². The summed E-state index contributed by atoms with van der Waals surface area (Å²) >= 11 is 0. The molecule has 1 aromatic heterocycles. The molecule has 2 heterocycles. The first-order valence-corrected chi connectivity index (χ1v) is 10.0. The minimum absolute atomic E-state index is 0.133. The van der Waals surface area contributed by atoms with Crippen LogP contribution in [0.3, 0.4) is 0 Å². The van der Waals surface area contributed by atoms with Crippen molar-refractivity contribution < 1.29 is 19.0 Å². The topological polar surface area (TPSA) is 78.8 Å². The second-order valence-electron chi connectivity index (χ2n) is 7.38. The van der Waals surface area contributed by atoms with Crippen molar-refractivity contribution in [3.05, 3.63) is 82.5 Å². The molecule has 32 heavy (non-hydrogen) atoms. The number of aryl methyl sites for hydroxylation is 1. The molecular weight excluding hydrogens is 408 g/mol. The Bertz CT molecular complexity index is 1420. The van der Waals surface area contributed by atoms with Crippen molar-refractivity contribution in [3.8, 4) is 28.4 Å². The predicted octanol–water partition coefficient (Wildman–Crippen LogP) is 4.20. The summed E-state index contributed by atoms with van der Waals surface area (Å²) in [4.78, 5) is 26.7. The standard InChI is InChI=1S/C25H20N2O5/c1-27-19-9-4-3-8-18(19)23(28)22(15-10-11-20-21(13-15)32-14-31-20)24(27)26-25(29)16-6-5-7-17(12-16)30-2/h3-13H,14H2,1-2H3,(H,26,29). The molecule has 160 valence electrons. The molecule has 7 nitrogen and oxygen atoms in total. The zero-order chi connectivity index (χ0) is 22.2. The molecule has 1 aliphatic heterocycles. The Morgan fingerprint density at radius 3 is 2.66 bits per heavy atom. The maximum Gasteiger partial charge on any atom is 0.256 e. The molecule has 1 amide bonds. The van der Waals surface area contributed by atoms with Gasteiger partial charge in [-0.05, 0) is 48.0 Å². The maximum atomic E-state index is 13.6. The van der Waals surface area contributed by atoms with Crippen LogP contribution in [0.4, 0.5) is 5.82 Å². The molecule has 0 fully saturated rings. The highest BCUT2D eigenvalue weighted by Crippen LogP contribution is 2.37. The van der Waals surface area contributed by atoms with Crippen LogP contribution in [-0.4, -0.2) is 24.4 Å². The van der Waals surface area contributed by atoms with Gasteiger partial charge in [0.15, 0.2) is 16.9 Å². The first-order valence-electron chi connectivity index (χ1n) is 10.0. The van der Waals surface area contributed by atoms with E-state index < -0.39 is 0 Å². The molecule has 0 radical (unpaired) electrons. The highest BCUT2D eigenvalue weighted by atomic mass is 16.7. The summed E-state index contributed by atoms with van der Waals surface area (Å²) in [7, 11) is 3.36. The summed E-state index contributed by atoms with van der Waals surface area (Å²) < 4.78 is 17.9. The van der Waals surface area contributed by atoms with E-state index in [9.17, 15) is 9.59 Å². The number of pyridine rings is 1. The first-order chi connectivity index (χ1) is 15.6. The average Bonchev–Trinajstić information content (AvgIpc) is 3.30. The highest BCUT2D eigenvalue weighted by Gasteiger charge is 2.22. The van der Waals surface area contributed by atoms with Crippen molar-refractivity contribution in [3.63, 3.8) is 0 Å². The second kappa shape index (κ2) is 7.77. The molecule has 1 aliphatic rings. The largest absolute Gasteiger partial charge is 0.497 e. The van der Waals surface area contributed by atoms with Crippen LogP contribution in [-0.2, 0) is 7.05 Å². The van der Waals surface area contributed by atoms with Gasteiger partial charge in [0.2, 0.25) is 6.79 Å². The van der Waals surface area contributed by atoms with Gasteiger partial charge in [-0.2, -0.15) is 0 Å². The fourth-order valence-corrected chi connectivity index (χ4v) is 3.90. The van der Waals surface area contributed by atoms with Gasteiger partial charge in [-0.25, -0.2) is 0 Å². The number of benzene rings is 3. The van der Waals surface area contributed by atoms with Crippen molar-refractivity contribution >= 4 is 22.6 Å². The molecule has 7 heteroatoms. The SMILES string of the molecule is COc1cccc(C(=O)Nc2c(-c3ccc4c(c3)OCO4)c(=O)c3ccccc3n2C)c1. The predicted molar refractivity (Wildman–Crippen MR) is 122 cm³/mol. The van der Waals surface area contributed by atoms with E-state index >= 15 is 0 Å². The number of carbonyl (C=O) groups is 1. The smallest absolute Gasteiger partial charge is 0.256 e. The van der Waals surface area contributed by atoms with Crippen molar-refractivity contribution in [2.45, 2.75) is 0 Å². The Morgan fingerprint density at radius 2 is 1.81 bits per heavy atom. The number of amides is 1. The summed E-state index contributed by atoms with van der Waals surface area (Å²) in [6.45, 7) is 0.133. The lowest BCUT2D eigenvalue weighted by molar-refractivity contribution is 0.102. The Labute approximate surface area is 183 Å². The third kappa shape index (κ3) is 3.24. The number of para-hydroxylation sites is 1. The van der Waals surface area contributed by atoms with E-state index in [1.54, 1.807) is 55.6 Å². The molecular formula is C25H20N2O5. The van der Waals surface area contributed by atoms with Crippen LogP contribution in [0.2, 0.25) is 0 Å². The van der Waals surface area contributed by atoms with E-state index in [2.05, 4.69) is 5.32 Å². The number of rotatable bonds is 4. The maximum absolute atomic E-state index is 13.6. The van der Waals surface area contributed by atoms with Crippen LogP contribution in [0.15, 0.2) is 71.5 Å². The first kappa shape index (κ1) is 19.7. The highest BCUT2D eigenvalue weighted by molar-refractivity contribution is 6.07. The molecule has 5 rings (SSSR count). The van der Waals surface area contributed by atoms with Crippen LogP contribution in [0, 0.1) is 0 Å². The van der Waals surface area contributed by atoms with E-state index in [4.69, 9.17) is 14.2 Å². The summed E-state index contributed by atoms with van der Waals surface area (Å²) in [5.74, 6) is 1.79. The molecule has 3 aromatic carbocycles. The molecule has 0 aliphatic carbocycles. The monoisotopic (exact) mass is 428 g/mol. The lowest BCUT2D eigenvalue weighted by Crippen LogP contribution is -2.21. The lowest BCUT2D eigenvalue weighted by atomic mass is 10.0. The molecule has 1 N–H and O–H groups in total. The number of hydrogen-bond donors (Lipinski definition) is 1. The quantitative estimate of drug-likeness (QED) is 0.527. The van der Waals surface area contributed by atoms with Crippen LogP contribution >= 0.6 is 0 Å². The van der Waals surface area contributed by atoms with E-state index in [0.717, 1.165) is 0 Å². The van der Waals surface area contributed by atoms with E-state index in [0.29, 0.717) is 50.7 Å².